The smallest absolute Gasteiger partial charge is 0.388 e. The Bertz CT molecular complexity index is 1940. The van der Waals surface area contributed by atoms with Gasteiger partial charge in [-0.05, 0) is 50.3 Å². The molecule has 0 spiro atoms. The van der Waals surface area contributed by atoms with Crippen LogP contribution in [-0.4, -0.2) is 122 Å². The monoisotopic (exact) mass is 778 g/mol. The van der Waals surface area contributed by atoms with Gasteiger partial charge in [0.05, 0.1) is 18.4 Å². The number of alkyl halides is 3. The van der Waals surface area contributed by atoms with Crippen LogP contribution in [0.5, 0.6) is 0 Å². The molecule has 2 saturated heterocycles. The van der Waals surface area contributed by atoms with Crippen molar-refractivity contribution in [2.45, 2.75) is 87.5 Å². The van der Waals surface area contributed by atoms with Crippen molar-refractivity contribution in [1.29, 1.82) is 0 Å². The van der Waals surface area contributed by atoms with Crippen molar-refractivity contribution >= 4 is 34.9 Å². The van der Waals surface area contributed by atoms with Gasteiger partial charge in [-0.3, -0.25) is 4.79 Å². The van der Waals surface area contributed by atoms with E-state index < -0.39 is 41.8 Å². The first kappa shape index (κ1) is 39.2. The lowest BCUT2D eigenvalue weighted by Gasteiger charge is -2.31. The number of aliphatic hydroxyl groups excluding tert-OH is 2. The summed E-state index contributed by atoms with van der Waals surface area (Å²) in [4.78, 5) is 42.4. The summed E-state index contributed by atoms with van der Waals surface area (Å²) in [6.45, 7) is 6.43. The van der Waals surface area contributed by atoms with Crippen molar-refractivity contribution in [1.82, 2.24) is 40.4 Å². The standard InChI is InChI=1S/C39H49F3N10O4/c1-3-17-51(35(55)39(40,41)42)28-19-29(32(54)31(28)53)52-23-45-30-33(44-22-38(2,24-10-6-4-7-11-24)25-12-8-5-9-13-25)48-36(49-34(30)52)50-18-15-27(21-50)47-37(56)46-26-14-16-43-20-26/h4-13,23,26-29,31-32,43,53-54H,3,14-22H2,1-2H3,(H,44,48,49)(H2,46,47,56)/t26?,27-,28+,29-,31-,32+/m1/s1. The molecule has 3 fully saturated rings. The highest BCUT2D eigenvalue weighted by molar-refractivity contribution is 5.85. The van der Waals surface area contributed by atoms with Gasteiger partial charge in [0.25, 0.3) is 0 Å². The lowest BCUT2D eigenvalue weighted by molar-refractivity contribution is -0.190. The highest BCUT2D eigenvalue weighted by atomic mass is 19.4. The second-order valence-corrected chi connectivity index (χ2v) is 15.2. The molecule has 1 saturated carbocycles. The number of aromatic nitrogens is 4. The highest BCUT2D eigenvalue weighted by Gasteiger charge is 2.52. The predicted molar refractivity (Wildman–Crippen MR) is 204 cm³/mol. The zero-order valence-corrected chi connectivity index (χ0v) is 31.4. The summed E-state index contributed by atoms with van der Waals surface area (Å²) in [5.74, 6) is -1.33. The molecule has 6 atom stereocenters. The normalized spacial score (nSPS) is 24.1. The Balaban J connectivity index is 1.22. The number of nitrogens with zero attached hydrogens (tertiary/aromatic N) is 6. The molecule has 3 amide bonds. The molecular weight excluding hydrogens is 729 g/mol. The van der Waals surface area contributed by atoms with E-state index in [2.05, 4.69) is 57.4 Å². The molecule has 2 aliphatic heterocycles. The number of amides is 3. The van der Waals surface area contributed by atoms with Crippen molar-refractivity contribution in [2.75, 3.05) is 49.5 Å². The largest absolute Gasteiger partial charge is 0.471 e. The maximum Gasteiger partial charge on any atom is 0.471 e. The van der Waals surface area contributed by atoms with Gasteiger partial charge in [0.15, 0.2) is 17.0 Å². The number of aliphatic hydroxyl groups is 2. The number of fused-ring (bicyclic) bond motifs is 1. The molecule has 0 bridgehead atoms. The topological polar surface area (TPSA) is 173 Å². The summed E-state index contributed by atoms with van der Waals surface area (Å²) in [5, 5.41) is 35.3. The first-order chi connectivity index (χ1) is 26.9. The third-order valence-electron chi connectivity index (χ3n) is 11.4. The molecular formula is C39H49F3N10O4. The van der Waals surface area contributed by atoms with Gasteiger partial charge in [-0.25, -0.2) is 9.78 Å². The zero-order chi connectivity index (χ0) is 39.6. The van der Waals surface area contributed by atoms with Crippen LogP contribution in [0.1, 0.15) is 56.7 Å². The molecule has 2 aromatic heterocycles. The SMILES string of the molecule is CCCN(C(=O)C(F)(F)F)[C@H]1C[C@@H](n2cnc3c(NCC(C)(c4ccccc4)c4ccccc4)nc(N4CC[C@@H](NC(=O)NC5CCNC5)C4)nc32)[C@H](O)[C@@H]1O. The Morgan fingerprint density at radius 3 is 2.27 bits per heavy atom. The van der Waals surface area contributed by atoms with Crippen LogP contribution >= 0.6 is 0 Å². The Labute approximate surface area is 322 Å². The van der Waals surface area contributed by atoms with Gasteiger partial charge in [-0.2, -0.15) is 23.1 Å². The van der Waals surface area contributed by atoms with Crippen molar-refractivity contribution in [3.63, 3.8) is 0 Å². The molecule has 7 rings (SSSR count). The van der Waals surface area contributed by atoms with E-state index in [1.54, 1.807) is 11.5 Å². The van der Waals surface area contributed by atoms with Crippen LogP contribution in [0.25, 0.3) is 11.2 Å². The number of nitrogens with one attached hydrogen (secondary N) is 4. The number of carbonyl (C=O) groups is 2. The Kier molecular flexibility index (Phi) is 11.4. The number of rotatable bonds is 12. The highest BCUT2D eigenvalue weighted by Crippen LogP contribution is 2.39. The molecule has 0 radical (unpaired) electrons. The predicted octanol–water partition coefficient (Wildman–Crippen LogP) is 3.32. The lowest BCUT2D eigenvalue weighted by Crippen LogP contribution is -2.51. The minimum absolute atomic E-state index is 0.0642. The first-order valence-electron chi connectivity index (χ1n) is 19.2. The van der Waals surface area contributed by atoms with Gasteiger partial charge in [-0.15, -0.1) is 0 Å². The third kappa shape index (κ3) is 7.97. The molecule has 17 heteroatoms. The van der Waals surface area contributed by atoms with E-state index in [1.165, 1.54) is 6.33 Å². The molecule has 3 aliphatic rings. The second-order valence-electron chi connectivity index (χ2n) is 15.2. The Hall–Kier alpha value is -5.00. The van der Waals surface area contributed by atoms with Crippen molar-refractivity contribution in [2.24, 2.45) is 0 Å². The summed E-state index contributed by atoms with van der Waals surface area (Å²) < 4.78 is 42.6. The summed E-state index contributed by atoms with van der Waals surface area (Å²) in [6, 6.07) is 17.5. The molecule has 14 nitrogen and oxygen atoms in total. The molecule has 6 N–H and O–H groups in total. The van der Waals surface area contributed by atoms with Gasteiger partial charge < -0.3 is 45.8 Å². The number of urea groups is 1. The summed E-state index contributed by atoms with van der Waals surface area (Å²) >= 11 is 0. The zero-order valence-electron chi connectivity index (χ0n) is 31.4. The summed E-state index contributed by atoms with van der Waals surface area (Å²) in [5.41, 5.74) is 2.25. The lowest BCUT2D eigenvalue weighted by atomic mass is 9.76. The minimum Gasteiger partial charge on any atom is -0.388 e. The Morgan fingerprint density at radius 2 is 1.64 bits per heavy atom. The fraction of sp³-hybridized carbons (Fsp3) is 0.513. The molecule has 56 heavy (non-hydrogen) atoms. The van der Waals surface area contributed by atoms with Crippen molar-refractivity contribution < 1.29 is 33.0 Å². The van der Waals surface area contributed by atoms with Crippen LogP contribution in [0.2, 0.25) is 0 Å². The molecule has 1 unspecified atom stereocenters. The van der Waals surface area contributed by atoms with E-state index in [9.17, 15) is 33.0 Å². The average Bonchev–Trinajstić information content (AvgIpc) is 4.02. The average molecular weight is 779 g/mol. The van der Waals surface area contributed by atoms with Crippen LogP contribution in [0.4, 0.5) is 29.7 Å². The third-order valence-corrected chi connectivity index (χ3v) is 11.4. The van der Waals surface area contributed by atoms with Crippen LogP contribution in [-0.2, 0) is 10.2 Å². The Morgan fingerprint density at radius 1 is 0.964 bits per heavy atom. The molecule has 1 aliphatic carbocycles. The van der Waals surface area contributed by atoms with Crippen molar-refractivity contribution in [3.8, 4) is 0 Å². The van der Waals surface area contributed by atoms with Gasteiger partial charge in [0, 0.05) is 50.2 Å². The van der Waals surface area contributed by atoms with E-state index in [0.29, 0.717) is 53.9 Å². The van der Waals surface area contributed by atoms with Crippen LogP contribution in [0.15, 0.2) is 67.0 Å². The number of hydrogen-bond donors (Lipinski definition) is 6. The van der Waals surface area contributed by atoms with Gasteiger partial charge >= 0.3 is 18.1 Å². The number of carbonyl (C=O) groups excluding carboxylic acids is 2. The molecule has 2 aromatic carbocycles. The van der Waals surface area contributed by atoms with Crippen LogP contribution in [0, 0.1) is 0 Å². The number of imidazole rings is 1. The number of halogens is 3. The van der Waals surface area contributed by atoms with Crippen LogP contribution < -0.4 is 26.2 Å². The molecule has 4 aromatic rings. The number of hydrogen-bond acceptors (Lipinski definition) is 10. The van der Waals surface area contributed by atoms with Crippen molar-refractivity contribution in [3.05, 3.63) is 78.1 Å². The maximum absolute atomic E-state index is 13.7. The fourth-order valence-electron chi connectivity index (χ4n) is 8.30. The molecule has 300 valence electrons. The van der Waals surface area contributed by atoms with E-state index in [-0.39, 0.29) is 37.5 Å². The maximum atomic E-state index is 13.7. The van der Waals surface area contributed by atoms with E-state index in [4.69, 9.17) is 9.97 Å². The van der Waals surface area contributed by atoms with E-state index in [0.717, 1.165) is 30.6 Å². The minimum atomic E-state index is -5.15. The number of benzene rings is 2. The fourth-order valence-corrected chi connectivity index (χ4v) is 8.30. The van der Waals surface area contributed by atoms with Gasteiger partial charge in [0.2, 0.25) is 5.95 Å². The summed E-state index contributed by atoms with van der Waals surface area (Å²) in [7, 11) is 0. The van der Waals surface area contributed by atoms with E-state index in [1.807, 2.05) is 41.3 Å². The van der Waals surface area contributed by atoms with Gasteiger partial charge in [-0.1, -0.05) is 67.6 Å². The summed E-state index contributed by atoms with van der Waals surface area (Å²) in [6.07, 6.45) is -5.33. The first-order valence-corrected chi connectivity index (χ1v) is 19.2. The number of anilines is 2. The van der Waals surface area contributed by atoms with E-state index >= 15 is 0 Å². The van der Waals surface area contributed by atoms with Crippen LogP contribution in [0.3, 0.4) is 0 Å². The van der Waals surface area contributed by atoms with Gasteiger partial charge in [0.1, 0.15) is 12.2 Å². The second kappa shape index (κ2) is 16.2. The molecule has 4 heterocycles. The quantitative estimate of drug-likeness (QED) is 0.125.